The molecule has 0 aromatic carbocycles. The maximum atomic E-state index is 14.4. The number of fused-ring (bicyclic) bond motifs is 1. The molecule has 0 aliphatic carbocycles. The topological polar surface area (TPSA) is 80.5 Å². The van der Waals surface area contributed by atoms with Crippen LogP contribution in [0, 0.1) is 19.7 Å². The first-order valence-corrected chi connectivity index (χ1v) is 10.5. The van der Waals surface area contributed by atoms with Gasteiger partial charge < -0.3 is 0 Å². The fourth-order valence-corrected chi connectivity index (χ4v) is 6.52. The minimum Gasteiger partial charge on any atom is -0.245 e. The normalized spacial score (nSPS) is 17.2. The van der Waals surface area contributed by atoms with Gasteiger partial charge in [-0.1, -0.05) is 0 Å². The summed E-state index contributed by atoms with van der Waals surface area (Å²) in [6.07, 6.45) is 4.16. The summed E-state index contributed by atoms with van der Waals surface area (Å²) in [5, 5.41) is 4.78. The van der Waals surface area contributed by atoms with E-state index in [4.69, 9.17) is 0 Å². The first kappa shape index (κ1) is 17.5. The molecule has 1 aliphatic rings. The number of sulfonamides is 1. The summed E-state index contributed by atoms with van der Waals surface area (Å²) in [6.45, 7) is 4.23. The quantitative estimate of drug-likeness (QED) is 0.681. The Kier molecular flexibility index (Phi) is 4.28. The SMILES string of the molecule is Cc1nc(C)c(S(=O)(=O)N2CCC(c3cn4ncnc4cc3F)CC2)s1. The predicted octanol–water partition coefficient (Wildman–Crippen LogP) is 2.51. The molecule has 10 heteroatoms. The van der Waals surface area contributed by atoms with Crippen molar-refractivity contribution in [3.8, 4) is 0 Å². The second-order valence-electron chi connectivity index (χ2n) is 6.42. The van der Waals surface area contributed by atoms with E-state index in [2.05, 4.69) is 15.1 Å². The van der Waals surface area contributed by atoms with E-state index < -0.39 is 10.0 Å². The Bertz CT molecular complexity index is 1070. The van der Waals surface area contributed by atoms with E-state index in [-0.39, 0.29) is 11.7 Å². The van der Waals surface area contributed by atoms with Crippen LogP contribution in [-0.4, -0.2) is 45.4 Å². The highest BCUT2D eigenvalue weighted by molar-refractivity contribution is 7.91. The number of pyridine rings is 1. The fourth-order valence-electron chi connectivity index (χ4n) is 3.43. The minimum atomic E-state index is -3.55. The molecule has 26 heavy (non-hydrogen) atoms. The van der Waals surface area contributed by atoms with Crippen molar-refractivity contribution in [2.24, 2.45) is 0 Å². The molecule has 0 spiro atoms. The van der Waals surface area contributed by atoms with E-state index in [1.807, 2.05) is 0 Å². The molecule has 0 bridgehead atoms. The zero-order chi connectivity index (χ0) is 18.5. The third-order valence-electron chi connectivity index (χ3n) is 4.72. The van der Waals surface area contributed by atoms with Gasteiger partial charge in [-0.3, -0.25) is 0 Å². The summed E-state index contributed by atoms with van der Waals surface area (Å²) in [7, 11) is -3.55. The summed E-state index contributed by atoms with van der Waals surface area (Å²) >= 11 is 1.20. The van der Waals surface area contributed by atoms with E-state index in [1.54, 1.807) is 24.6 Å². The maximum Gasteiger partial charge on any atom is 0.254 e. The van der Waals surface area contributed by atoms with E-state index in [0.717, 1.165) is 5.01 Å². The van der Waals surface area contributed by atoms with E-state index in [9.17, 15) is 12.8 Å². The Morgan fingerprint density at radius 3 is 2.65 bits per heavy atom. The van der Waals surface area contributed by atoms with Crippen LogP contribution in [0.15, 0.2) is 22.8 Å². The van der Waals surface area contributed by atoms with Crippen molar-refractivity contribution in [2.75, 3.05) is 13.1 Å². The smallest absolute Gasteiger partial charge is 0.245 e. The highest BCUT2D eigenvalue weighted by Crippen LogP contribution is 2.34. The molecular formula is C16H18FN5O2S2. The summed E-state index contributed by atoms with van der Waals surface area (Å²) < 4.78 is 43.5. The lowest BCUT2D eigenvalue weighted by molar-refractivity contribution is 0.315. The van der Waals surface area contributed by atoms with Crippen LogP contribution < -0.4 is 0 Å². The summed E-state index contributed by atoms with van der Waals surface area (Å²) in [4.78, 5) is 8.19. The molecule has 0 N–H and O–H groups in total. The molecule has 0 unspecified atom stereocenters. The van der Waals surface area contributed by atoms with E-state index in [1.165, 1.54) is 28.0 Å². The number of piperidine rings is 1. The monoisotopic (exact) mass is 395 g/mol. The van der Waals surface area contributed by atoms with Crippen LogP contribution in [0.5, 0.6) is 0 Å². The Hall–Kier alpha value is -1.91. The van der Waals surface area contributed by atoms with Gasteiger partial charge in [0.1, 0.15) is 12.1 Å². The third-order valence-corrected chi connectivity index (χ3v) is 8.28. The molecule has 3 aromatic rings. The highest BCUT2D eigenvalue weighted by atomic mass is 32.2. The molecule has 0 amide bonds. The van der Waals surface area contributed by atoms with Gasteiger partial charge in [-0.05, 0) is 32.6 Å². The molecule has 0 radical (unpaired) electrons. The van der Waals surface area contributed by atoms with Crippen LogP contribution in [0.2, 0.25) is 0 Å². The van der Waals surface area contributed by atoms with Gasteiger partial charge in [0.25, 0.3) is 10.0 Å². The van der Waals surface area contributed by atoms with Gasteiger partial charge in [0, 0.05) is 30.9 Å². The van der Waals surface area contributed by atoms with Crippen molar-refractivity contribution in [1.29, 1.82) is 0 Å². The number of rotatable bonds is 3. The zero-order valence-electron chi connectivity index (χ0n) is 14.4. The van der Waals surface area contributed by atoms with Crippen molar-refractivity contribution in [2.45, 2.75) is 36.8 Å². The average molecular weight is 395 g/mol. The van der Waals surface area contributed by atoms with Crippen LogP contribution in [0.3, 0.4) is 0 Å². The molecule has 138 valence electrons. The number of halogens is 1. The molecule has 4 heterocycles. The van der Waals surface area contributed by atoms with Crippen molar-refractivity contribution in [3.63, 3.8) is 0 Å². The molecule has 1 saturated heterocycles. The number of aryl methyl sites for hydroxylation is 2. The number of nitrogens with zero attached hydrogens (tertiary/aromatic N) is 5. The Morgan fingerprint density at radius 2 is 2.00 bits per heavy atom. The van der Waals surface area contributed by atoms with Crippen molar-refractivity contribution < 1.29 is 12.8 Å². The lowest BCUT2D eigenvalue weighted by Crippen LogP contribution is -2.38. The molecule has 1 aliphatic heterocycles. The maximum absolute atomic E-state index is 14.4. The van der Waals surface area contributed by atoms with Crippen LogP contribution in [0.25, 0.3) is 5.65 Å². The minimum absolute atomic E-state index is 0.0423. The number of hydrogen-bond donors (Lipinski definition) is 0. The average Bonchev–Trinajstić information content (AvgIpc) is 3.19. The Morgan fingerprint density at radius 1 is 1.27 bits per heavy atom. The molecule has 0 atom stereocenters. The predicted molar refractivity (Wildman–Crippen MR) is 95.3 cm³/mol. The van der Waals surface area contributed by atoms with Gasteiger partial charge in [-0.15, -0.1) is 11.3 Å². The number of hydrogen-bond acceptors (Lipinski definition) is 6. The van der Waals surface area contributed by atoms with Crippen molar-refractivity contribution in [3.05, 3.63) is 40.7 Å². The van der Waals surface area contributed by atoms with E-state index in [0.29, 0.717) is 47.0 Å². The van der Waals surface area contributed by atoms with Gasteiger partial charge in [0.2, 0.25) is 0 Å². The van der Waals surface area contributed by atoms with Gasteiger partial charge in [0.05, 0.1) is 10.7 Å². The summed E-state index contributed by atoms with van der Waals surface area (Å²) in [5.74, 6) is -0.361. The van der Waals surface area contributed by atoms with Crippen LogP contribution in [0.4, 0.5) is 4.39 Å². The van der Waals surface area contributed by atoms with Crippen LogP contribution in [0.1, 0.15) is 35.0 Å². The lowest BCUT2D eigenvalue weighted by Gasteiger charge is -2.31. The largest absolute Gasteiger partial charge is 0.254 e. The zero-order valence-corrected chi connectivity index (χ0v) is 16.0. The van der Waals surface area contributed by atoms with Crippen molar-refractivity contribution in [1.82, 2.24) is 23.9 Å². The van der Waals surface area contributed by atoms with Crippen LogP contribution in [-0.2, 0) is 10.0 Å². The fraction of sp³-hybridized carbons (Fsp3) is 0.438. The highest BCUT2D eigenvalue weighted by Gasteiger charge is 2.33. The second-order valence-corrected chi connectivity index (χ2v) is 9.76. The molecule has 7 nitrogen and oxygen atoms in total. The summed E-state index contributed by atoms with van der Waals surface area (Å²) in [6, 6.07) is 1.37. The van der Waals surface area contributed by atoms with Crippen molar-refractivity contribution >= 4 is 27.0 Å². The Labute approximate surface area is 154 Å². The third kappa shape index (κ3) is 2.91. The standard InChI is InChI=1S/C16H18FN5O2S2/c1-10-16(25-11(2)20-10)26(23,24)21-5-3-12(4-6-21)13-8-22-15(7-14(13)17)18-9-19-22/h7-9,12H,3-6H2,1-2H3. The molecular weight excluding hydrogens is 377 g/mol. The Balaban J connectivity index is 1.55. The first-order chi connectivity index (χ1) is 12.4. The second kappa shape index (κ2) is 6.36. The molecule has 4 rings (SSSR count). The summed E-state index contributed by atoms with van der Waals surface area (Å²) in [5.41, 5.74) is 1.56. The lowest BCUT2D eigenvalue weighted by atomic mass is 9.91. The number of thiazole rings is 1. The van der Waals surface area contributed by atoms with Gasteiger partial charge >= 0.3 is 0 Å². The molecule has 1 fully saturated rings. The van der Waals surface area contributed by atoms with Gasteiger partial charge in [-0.2, -0.15) is 9.40 Å². The van der Waals surface area contributed by atoms with Crippen LogP contribution >= 0.6 is 11.3 Å². The van der Waals surface area contributed by atoms with Gasteiger partial charge in [-0.25, -0.2) is 27.3 Å². The van der Waals surface area contributed by atoms with E-state index >= 15 is 0 Å². The molecule has 0 saturated carbocycles. The first-order valence-electron chi connectivity index (χ1n) is 8.29. The van der Waals surface area contributed by atoms with Gasteiger partial charge in [0.15, 0.2) is 9.86 Å². The molecule has 3 aromatic heterocycles. The number of aromatic nitrogens is 4.